The number of aliphatic hydroxyl groups excluding tert-OH is 4. The Morgan fingerprint density at radius 2 is 1.73 bits per heavy atom. The SMILES string of the molecule is O=C[C@H](O)C[C@H](O)[C@@H](O)CO. The van der Waals surface area contributed by atoms with Crippen molar-refractivity contribution in [1.29, 1.82) is 0 Å². The largest absolute Gasteiger partial charge is 0.394 e. The lowest BCUT2D eigenvalue weighted by Gasteiger charge is -2.15. The van der Waals surface area contributed by atoms with Crippen molar-refractivity contribution in [2.75, 3.05) is 6.61 Å². The zero-order valence-corrected chi connectivity index (χ0v) is 5.92. The Hall–Kier alpha value is -0.490. The lowest BCUT2D eigenvalue weighted by molar-refractivity contribution is -0.117. The highest BCUT2D eigenvalue weighted by Gasteiger charge is 2.18. The molecular weight excluding hydrogens is 152 g/mol. The summed E-state index contributed by atoms with van der Waals surface area (Å²) < 4.78 is 0. The van der Waals surface area contributed by atoms with Crippen LogP contribution in [0.4, 0.5) is 0 Å². The predicted molar refractivity (Wildman–Crippen MR) is 35.8 cm³/mol. The molecule has 11 heavy (non-hydrogen) atoms. The average Bonchev–Trinajstić information content (AvgIpc) is 2.02. The number of carbonyl (C=O) groups excluding carboxylic acids is 1. The van der Waals surface area contributed by atoms with Crippen LogP contribution in [0.3, 0.4) is 0 Å². The van der Waals surface area contributed by atoms with E-state index in [-0.39, 0.29) is 12.7 Å². The minimum atomic E-state index is -1.30. The fourth-order valence-electron chi connectivity index (χ4n) is 0.582. The first-order chi connectivity index (χ1) is 5.11. The Bertz CT molecular complexity index is 116. The summed E-state index contributed by atoms with van der Waals surface area (Å²) >= 11 is 0. The van der Waals surface area contributed by atoms with Crippen LogP contribution in [0.5, 0.6) is 0 Å². The molecule has 0 aromatic rings. The van der Waals surface area contributed by atoms with Crippen LogP contribution in [-0.2, 0) is 4.79 Å². The van der Waals surface area contributed by atoms with Crippen LogP contribution in [0.15, 0.2) is 0 Å². The van der Waals surface area contributed by atoms with Gasteiger partial charge < -0.3 is 25.2 Å². The second-order valence-corrected chi connectivity index (χ2v) is 2.26. The summed E-state index contributed by atoms with van der Waals surface area (Å²) in [4.78, 5) is 9.85. The van der Waals surface area contributed by atoms with Crippen molar-refractivity contribution in [1.82, 2.24) is 0 Å². The van der Waals surface area contributed by atoms with Gasteiger partial charge in [-0.2, -0.15) is 0 Å². The van der Waals surface area contributed by atoms with E-state index in [9.17, 15) is 4.79 Å². The molecule has 0 aliphatic heterocycles. The van der Waals surface area contributed by atoms with E-state index >= 15 is 0 Å². The highest BCUT2D eigenvalue weighted by molar-refractivity contribution is 5.55. The third-order valence-electron chi connectivity index (χ3n) is 1.27. The molecule has 0 aliphatic rings. The third-order valence-corrected chi connectivity index (χ3v) is 1.27. The van der Waals surface area contributed by atoms with Gasteiger partial charge >= 0.3 is 0 Å². The average molecular weight is 164 g/mol. The van der Waals surface area contributed by atoms with Crippen molar-refractivity contribution >= 4 is 6.29 Å². The Balaban J connectivity index is 3.66. The maximum Gasteiger partial charge on any atom is 0.148 e. The number of aliphatic hydroxyl groups is 4. The minimum Gasteiger partial charge on any atom is -0.394 e. The molecule has 0 fully saturated rings. The van der Waals surface area contributed by atoms with Gasteiger partial charge in [-0.25, -0.2) is 0 Å². The lowest BCUT2D eigenvalue weighted by Crippen LogP contribution is -2.33. The molecule has 0 saturated heterocycles. The highest BCUT2D eigenvalue weighted by atomic mass is 16.4. The van der Waals surface area contributed by atoms with Crippen molar-refractivity contribution in [3.63, 3.8) is 0 Å². The van der Waals surface area contributed by atoms with Crippen LogP contribution in [0.2, 0.25) is 0 Å². The maximum absolute atomic E-state index is 9.85. The quantitative estimate of drug-likeness (QED) is 0.341. The van der Waals surface area contributed by atoms with Gasteiger partial charge in [0.05, 0.1) is 12.7 Å². The second-order valence-electron chi connectivity index (χ2n) is 2.26. The van der Waals surface area contributed by atoms with E-state index in [4.69, 9.17) is 20.4 Å². The van der Waals surface area contributed by atoms with Gasteiger partial charge in [0.1, 0.15) is 18.5 Å². The first kappa shape index (κ1) is 10.5. The summed E-state index contributed by atoms with van der Waals surface area (Å²) in [5.41, 5.74) is 0. The second kappa shape index (κ2) is 5.20. The maximum atomic E-state index is 9.85. The Labute approximate surface area is 63.9 Å². The smallest absolute Gasteiger partial charge is 0.148 e. The molecule has 0 aromatic heterocycles. The van der Waals surface area contributed by atoms with E-state index in [1.807, 2.05) is 0 Å². The number of hydrogen-bond acceptors (Lipinski definition) is 5. The van der Waals surface area contributed by atoms with E-state index < -0.39 is 24.9 Å². The van der Waals surface area contributed by atoms with Crippen LogP contribution >= 0.6 is 0 Å². The normalized spacial score (nSPS) is 18.9. The first-order valence-electron chi connectivity index (χ1n) is 3.22. The number of aldehydes is 1. The molecule has 5 heteroatoms. The van der Waals surface area contributed by atoms with E-state index in [1.165, 1.54) is 0 Å². The van der Waals surface area contributed by atoms with Crippen molar-refractivity contribution in [2.24, 2.45) is 0 Å². The van der Waals surface area contributed by atoms with Crippen LogP contribution in [0, 0.1) is 0 Å². The third kappa shape index (κ3) is 4.05. The van der Waals surface area contributed by atoms with Crippen molar-refractivity contribution in [2.45, 2.75) is 24.7 Å². The minimum absolute atomic E-state index is 0.257. The number of carbonyl (C=O) groups is 1. The standard InChI is InChI=1S/C6H12O5/c7-2-4(9)1-5(10)6(11)3-8/h2,4-6,8-11H,1,3H2/t4-,5+,6+/m1/s1. The zero-order valence-electron chi connectivity index (χ0n) is 5.92. The van der Waals surface area contributed by atoms with Crippen molar-refractivity contribution in [3.05, 3.63) is 0 Å². The van der Waals surface area contributed by atoms with Crippen LogP contribution in [-0.4, -0.2) is 51.6 Å². The molecular formula is C6H12O5. The number of hydrogen-bond donors (Lipinski definition) is 4. The molecule has 0 rings (SSSR count). The van der Waals surface area contributed by atoms with E-state index in [1.54, 1.807) is 0 Å². The molecule has 0 unspecified atom stereocenters. The summed E-state index contributed by atoms with van der Waals surface area (Å²) in [6.07, 6.45) is -3.85. The molecule has 4 N–H and O–H groups in total. The molecule has 0 aromatic carbocycles. The molecule has 66 valence electrons. The van der Waals surface area contributed by atoms with Crippen LogP contribution in [0.25, 0.3) is 0 Å². The van der Waals surface area contributed by atoms with Gasteiger partial charge in [0.2, 0.25) is 0 Å². The summed E-state index contributed by atoms with van der Waals surface area (Å²) in [7, 11) is 0. The van der Waals surface area contributed by atoms with Crippen molar-refractivity contribution < 1.29 is 25.2 Å². The van der Waals surface area contributed by atoms with Gasteiger partial charge in [-0.3, -0.25) is 0 Å². The van der Waals surface area contributed by atoms with Gasteiger partial charge in [0.15, 0.2) is 0 Å². The fourth-order valence-corrected chi connectivity index (χ4v) is 0.582. The van der Waals surface area contributed by atoms with Gasteiger partial charge in [-0.1, -0.05) is 0 Å². The molecule has 0 amide bonds. The van der Waals surface area contributed by atoms with Crippen molar-refractivity contribution in [3.8, 4) is 0 Å². The summed E-state index contributed by atoms with van der Waals surface area (Å²) in [6, 6.07) is 0. The van der Waals surface area contributed by atoms with Crippen LogP contribution < -0.4 is 0 Å². The molecule has 0 heterocycles. The van der Waals surface area contributed by atoms with Gasteiger partial charge in [0.25, 0.3) is 0 Å². The first-order valence-corrected chi connectivity index (χ1v) is 3.22. The van der Waals surface area contributed by atoms with E-state index in [0.29, 0.717) is 0 Å². The topological polar surface area (TPSA) is 98.0 Å². The molecule has 0 saturated carbocycles. The zero-order chi connectivity index (χ0) is 8.85. The monoisotopic (exact) mass is 164 g/mol. The summed E-state index contributed by atoms with van der Waals surface area (Å²) in [5.74, 6) is 0. The Morgan fingerprint density at radius 1 is 1.18 bits per heavy atom. The van der Waals surface area contributed by atoms with Crippen LogP contribution in [0.1, 0.15) is 6.42 Å². The van der Waals surface area contributed by atoms with Gasteiger partial charge in [-0.05, 0) is 0 Å². The molecule has 5 nitrogen and oxygen atoms in total. The lowest BCUT2D eigenvalue weighted by atomic mass is 10.1. The highest BCUT2D eigenvalue weighted by Crippen LogP contribution is 2.00. The van der Waals surface area contributed by atoms with E-state index in [0.717, 1.165) is 0 Å². The Kier molecular flexibility index (Phi) is 4.97. The van der Waals surface area contributed by atoms with Gasteiger partial charge in [0, 0.05) is 6.42 Å². The molecule has 0 radical (unpaired) electrons. The Morgan fingerprint density at radius 3 is 2.09 bits per heavy atom. The molecule has 0 spiro atoms. The number of rotatable bonds is 5. The summed E-state index contributed by atoms with van der Waals surface area (Å²) in [5, 5.41) is 34.6. The fraction of sp³-hybridized carbons (Fsp3) is 0.833. The molecule has 0 bridgehead atoms. The molecule has 0 aliphatic carbocycles. The molecule has 3 atom stereocenters. The van der Waals surface area contributed by atoms with E-state index in [2.05, 4.69) is 0 Å². The predicted octanol–water partition coefficient (Wildman–Crippen LogP) is -2.35. The summed E-state index contributed by atoms with van der Waals surface area (Å²) in [6.45, 7) is -0.591. The van der Waals surface area contributed by atoms with Gasteiger partial charge in [-0.15, -0.1) is 0 Å².